The third-order valence-electron chi connectivity index (χ3n) is 3.09. The van der Waals surface area contributed by atoms with Crippen molar-refractivity contribution in [2.75, 3.05) is 12.4 Å². The Hall–Kier alpha value is -2.07. The fourth-order valence-electron chi connectivity index (χ4n) is 1.86. The van der Waals surface area contributed by atoms with Crippen molar-refractivity contribution in [3.63, 3.8) is 0 Å². The van der Waals surface area contributed by atoms with Crippen LogP contribution in [-0.4, -0.2) is 15.5 Å². The van der Waals surface area contributed by atoms with Gasteiger partial charge in [-0.2, -0.15) is 5.26 Å². The minimum atomic E-state index is -3.43. The standard InChI is InChI=1S/C15H14ClN3O2S/c1-18-22(20,21)14-5-2-11(3-6-14)10-19-15-7-4-13(16)8-12(15)9-17/h2-8,18-19H,10H2,1H3. The summed E-state index contributed by atoms with van der Waals surface area (Å²) in [5.41, 5.74) is 2.04. The van der Waals surface area contributed by atoms with E-state index in [0.717, 1.165) is 5.56 Å². The molecule has 0 aliphatic carbocycles. The fourth-order valence-corrected chi connectivity index (χ4v) is 2.77. The number of hydrogen-bond donors (Lipinski definition) is 2. The highest BCUT2D eigenvalue weighted by molar-refractivity contribution is 7.89. The average Bonchev–Trinajstić information content (AvgIpc) is 2.54. The molecule has 0 aliphatic rings. The van der Waals surface area contributed by atoms with E-state index in [4.69, 9.17) is 16.9 Å². The van der Waals surface area contributed by atoms with Crippen LogP contribution in [0.4, 0.5) is 5.69 Å². The van der Waals surface area contributed by atoms with Crippen LogP contribution in [0.1, 0.15) is 11.1 Å². The number of nitrogens with one attached hydrogen (secondary N) is 2. The third-order valence-corrected chi connectivity index (χ3v) is 4.75. The average molecular weight is 336 g/mol. The summed E-state index contributed by atoms with van der Waals surface area (Å²) >= 11 is 5.84. The van der Waals surface area contributed by atoms with E-state index in [9.17, 15) is 8.42 Å². The van der Waals surface area contributed by atoms with Gasteiger partial charge < -0.3 is 5.32 Å². The molecule has 0 amide bonds. The molecule has 0 fully saturated rings. The van der Waals surface area contributed by atoms with Crippen LogP contribution >= 0.6 is 11.6 Å². The molecular formula is C15H14ClN3O2S. The molecule has 0 saturated heterocycles. The molecule has 0 aliphatic heterocycles. The van der Waals surface area contributed by atoms with Gasteiger partial charge in [-0.25, -0.2) is 13.1 Å². The van der Waals surface area contributed by atoms with Crippen LogP contribution in [0, 0.1) is 11.3 Å². The van der Waals surface area contributed by atoms with Gasteiger partial charge in [-0.15, -0.1) is 0 Å². The van der Waals surface area contributed by atoms with Crippen molar-refractivity contribution >= 4 is 27.3 Å². The number of nitriles is 1. The minimum absolute atomic E-state index is 0.211. The topological polar surface area (TPSA) is 82.0 Å². The number of sulfonamides is 1. The Morgan fingerprint density at radius 2 is 1.86 bits per heavy atom. The van der Waals surface area contributed by atoms with Crippen molar-refractivity contribution in [3.8, 4) is 6.07 Å². The highest BCUT2D eigenvalue weighted by atomic mass is 35.5. The van der Waals surface area contributed by atoms with Crippen molar-refractivity contribution in [3.05, 3.63) is 58.6 Å². The molecule has 2 aromatic rings. The molecule has 2 rings (SSSR count). The molecule has 2 aromatic carbocycles. The molecule has 0 saturated carbocycles. The monoisotopic (exact) mass is 335 g/mol. The number of hydrogen-bond acceptors (Lipinski definition) is 4. The number of benzene rings is 2. The van der Waals surface area contributed by atoms with E-state index in [1.54, 1.807) is 30.3 Å². The molecule has 2 N–H and O–H groups in total. The number of anilines is 1. The first kappa shape index (κ1) is 16.3. The molecular weight excluding hydrogens is 322 g/mol. The normalized spacial score (nSPS) is 11.0. The van der Waals surface area contributed by atoms with Crippen molar-refractivity contribution in [1.29, 1.82) is 5.26 Å². The van der Waals surface area contributed by atoms with Crippen molar-refractivity contribution < 1.29 is 8.42 Å². The predicted molar refractivity (Wildman–Crippen MR) is 86.2 cm³/mol. The van der Waals surface area contributed by atoms with Gasteiger partial charge in [-0.05, 0) is 42.9 Å². The molecule has 0 heterocycles. The lowest BCUT2D eigenvalue weighted by molar-refractivity contribution is 0.588. The summed E-state index contributed by atoms with van der Waals surface area (Å²) in [5.74, 6) is 0. The van der Waals surface area contributed by atoms with Gasteiger partial charge in [0.1, 0.15) is 6.07 Å². The molecule has 0 bridgehead atoms. The summed E-state index contributed by atoms with van der Waals surface area (Å²) in [6.45, 7) is 0.468. The molecule has 0 radical (unpaired) electrons. The summed E-state index contributed by atoms with van der Waals surface area (Å²) in [6, 6.07) is 13.6. The van der Waals surface area contributed by atoms with E-state index >= 15 is 0 Å². The Balaban J connectivity index is 2.12. The van der Waals surface area contributed by atoms with Crippen LogP contribution in [0.2, 0.25) is 5.02 Å². The Labute approximate surface area is 134 Å². The molecule has 0 spiro atoms. The highest BCUT2D eigenvalue weighted by Gasteiger charge is 2.10. The maximum Gasteiger partial charge on any atom is 0.240 e. The van der Waals surface area contributed by atoms with Crippen LogP contribution in [-0.2, 0) is 16.6 Å². The van der Waals surface area contributed by atoms with E-state index in [1.807, 2.05) is 0 Å². The molecule has 0 unspecified atom stereocenters. The van der Waals surface area contributed by atoms with E-state index in [1.165, 1.54) is 19.2 Å². The van der Waals surface area contributed by atoms with E-state index in [-0.39, 0.29) is 4.90 Å². The summed E-state index contributed by atoms with van der Waals surface area (Å²) in [4.78, 5) is 0.211. The Morgan fingerprint density at radius 3 is 2.45 bits per heavy atom. The van der Waals surface area contributed by atoms with Crippen molar-refractivity contribution in [1.82, 2.24) is 4.72 Å². The molecule has 7 heteroatoms. The lowest BCUT2D eigenvalue weighted by atomic mass is 10.1. The summed E-state index contributed by atoms with van der Waals surface area (Å²) < 4.78 is 25.5. The van der Waals surface area contributed by atoms with Crippen LogP contribution in [0.15, 0.2) is 47.4 Å². The first-order chi connectivity index (χ1) is 10.5. The second-order valence-electron chi connectivity index (χ2n) is 4.51. The minimum Gasteiger partial charge on any atom is -0.380 e. The van der Waals surface area contributed by atoms with Crippen molar-refractivity contribution in [2.24, 2.45) is 0 Å². The molecule has 0 aromatic heterocycles. The molecule has 114 valence electrons. The van der Waals surface area contributed by atoms with Gasteiger partial charge in [0.2, 0.25) is 10.0 Å². The Bertz CT molecular complexity index is 812. The molecule has 0 atom stereocenters. The van der Waals surface area contributed by atoms with E-state index in [0.29, 0.717) is 22.8 Å². The van der Waals surface area contributed by atoms with Gasteiger partial charge >= 0.3 is 0 Å². The molecule has 22 heavy (non-hydrogen) atoms. The van der Waals surface area contributed by atoms with Gasteiger partial charge in [0.25, 0.3) is 0 Å². The lowest BCUT2D eigenvalue weighted by Crippen LogP contribution is -2.18. The lowest BCUT2D eigenvalue weighted by Gasteiger charge is -2.09. The fraction of sp³-hybridized carbons (Fsp3) is 0.133. The Morgan fingerprint density at radius 1 is 1.18 bits per heavy atom. The van der Waals surface area contributed by atoms with Gasteiger partial charge in [0, 0.05) is 11.6 Å². The molecule has 5 nitrogen and oxygen atoms in total. The van der Waals surface area contributed by atoms with Crippen LogP contribution in [0.5, 0.6) is 0 Å². The number of halogens is 1. The van der Waals surface area contributed by atoms with Gasteiger partial charge in [0.15, 0.2) is 0 Å². The summed E-state index contributed by atoms with van der Waals surface area (Å²) in [7, 11) is -2.06. The zero-order valence-corrected chi connectivity index (χ0v) is 13.4. The maximum absolute atomic E-state index is 11.6. The maximum atomic E-state index is 11.6. The number of nitrogens with zero attached hydrogens (tertiary/aromatic N) is 1. The van der Waals surface area contributed by atoms with Gasteiger partial charge in [0.05, 0.1) is 16.1 Å². The zero-order chi connectivity index (χ0) is 16.2. The summed E-state index contributed by atoms with van der Waals surface area (Å²) in [5, 5.41) is 12.7. The van der Waals surface area contributed by atoms with Gasteiger partial charge in [-0.1, -0.05) is 23.7 Å². The Kier molecular flexibility index (Phi) is 5.03. The first-order valence-corrected chi connectivity index (χ1v) is 8.28. The predicted octanol–water partition coefficient (Wildman–Crippen LogP) is 2.73. The zero-order valence-electron chi connectivity index (χ0n) is 11.8. The number of rotatable bonds is 5. The van der Waals surface area contributed by atoms with E-state index in [2.05, 4.69) is 16.1 Å². The first-order valence-electron chi connectivity index (χ1n) is 6.42. The van der Waals surface area contributed by atoms with Crippen LogP contribution < -0.4 is 10.0 Å². The summed E-state index contributed by atoms with van der Waals surface area (Å²) in [6.07, 6.45) is 0. The highest BCUT2D eigenvalue weighted by Crippen LogP contribution is 2.20. The van der Waals surface area contributed by atoms with Crippen molar-refractivity contribution in [2.45, 2.75) is 11.4 Å². The second-order valence-corrected chi connectivity index (χ2v) is 6.83. The van der Waals surface area contributed by atoms with Gasteiger partial charge in [-0.3, -0.25) is 0 Å². The smallest absolute Gasteiger partial charge is 0.240 e. The second kappa shape index (κ2) is 6.79. The SMILES string of the molecule is CNS(=O)(=O)c1ccc(CNc2ccc(Cl)cc2C#N)cc1. The van der Waals surface area contributed by atoms with E-state index < -0.39 is 10.0 Å². The van der Waals surface area contributed by atoms with Crippen LogP contribution in [0.3, 0.4) is 0 Å². The van der Waals surface area contributed by atoms with Crippen LogP contribution in [0.25, 0.3) is 0 Å². The third kappa shape index (κ3) is 3.77. The quantitative estimate of drug-likeness (QED) is 0.880. The largest absolute Gasteiger partial charge is 0.380 e.